The van der Waals surface area contributed by atoms with Gasteiger partial charge in [0.2, 0.25) is 5.88 Å². The third kappa shape index (κ3) is 4.20. The monoisotopic (exact) mass is 376 g/mol. The van der Waals surface area contributed by atoms with Crippen LogP contribution < -0.4 is 21.1 Å². The van der Waals surface area contributed by atoms with Gasteiger partial charge < -0.3 is 26.5 Å². The Hall–Kier alpha value is -3.61. The molecule has 1 aromatic heterocycles. The maximum absolute atomic E-state index is 7.48. The van der Waals surface area contributed by atoms with Crippen LogP contribution in [0.25, 0.3) is 5.57 Å². The second kappa shape index (κ2) is 8.39. The van der Waals surface area contributed by atoms with Crippen LogP contribution in [-0.2, 0) is 0 Å². The quantitative estimate of drug-likeness (QED) is 0.451. The zero-order valence-corrected chi connectivity index (χ0v) is 16.2. The van der Waals surface area contributed by atoms with E-state index in [1.807, 2.05) is 50.4 Å². The molecule has 0 aliphatic carbocycles. The van der Waals surface area contributed by atoms with Crippen molar-refractivity contribution in [2.75, 3.05) is 7.11 Å². The number of nitrogens with zero attached hydrogens (tertiary/aromatic N) is 2. The lowest BCUT2D eigenvalue weighted by Crippen LogP contribution is -2.26. The first-order valence-corrected chi connectivity index (χ1v) is 8.95. The van der Waals surface area contributed by atoms with Gasteiger partial charge in [0.15, 0.2) is 0 Å². The standard InChI is InChI=1S/C21H24N6O/c1-13(2)14(11-22)10-19(23)27-20-7-6-17-18(26-20)9-15(12-25-17)16-5-4-8-24-21(16)28-3/h4-13,22,25-26H,1-3H3,(H2,23,27). The smallest absolute Gasteiger partial charge is 0.221 e. The highest BCUT2D eigenvalue weighted by atomic mass is 16.5. The minimum Gasteiger partial charge on any atom is -0.481 e. The van der Waals surface area contributed by atoms with Crippen molar-refractivity contribution in [2.24, 2.45) is 16.6 Å². The van der Waals surface area contributed by atoms with E-state index in [4.69, 9.17) is 15.9 Å². The summed E-state index contributed by atoms with van der Waals surface area (Å²) in [5.74, 6) is 1.74. The lowest BCUT2D eigenvalue weighted by molar-refractivity contribution is 0.396. The summed E-state index contributed by atoms with van der Waals surface area (Å²) < 4.78 is 5.36. The molecule has 0 radical (unpaired) electrons. The molecule has 0 saturated carbocycles. The Morgan fingerprint density at radius 2 is 2.14 bits per heavy atom. The molecule has 7 heteroatoms. The first kappa shape index (κ1) is 19.2. The number of methoxy groups -OCH3 is 1. The molecular weight excluding hydrogens is 352 g/mol. The molecule has 7 nitrogen and oxygen atoms in total. The molecule has 144 valence electrons. The van der Waals surface area contributed by atoms with Crippen LogP contribution in [-0.4, -0.2) is 24.1 Å². The van der Waals surface area contributed by atoms with E-state index < -0.39 is 0 Å². The number of allylic oxidation sites excluding steroid dienone is 5. The maximum atomic E-state index is 7.48. The number of aromatic nitrogens is 1. The van der Waals surface area contributed by atoms with Crippen LogP contribution >= 0.6 is 0 Å². The largest absolute Gasteiger partial charge is 0.481 e. The second-order valence-corrected chi connectivity index (χ2v) is 6.60. The highest BCUT2D eigenvalue weighted by Gasteiger charge is 2.18. The lowest BCUT2D eigenvalue weighted by atomic mass is 10.0. The summed E-state index contributed by atoms with van der Waals surface area (Å²) in [5, 5.41) is 14.0. The minimum absolute atomic E-state index is 0.207. The minimum atomic E-state index is 0.207. The predicted molar refractivity (Wildman–Crippen MR) is 113 cm³/mol. The number of nitrogens with one attached hydrogen (secondary N) is 3. The molecule has 0 unspecified atom stereocenters. The van der Waals surface area contributed by atoms with Crippen molar-refractivity contribution in [1.82, 2.24) is 15.6 Å². The van der Waals surface area contributed by atoms with Crippen LogP contribution in [0.2, 0.25) is 0 Å². The van der Waals surface area contributed by atoms with Gasteiger partial charge in [0, 0.05) is 29.7 Å². The summed E-state index contributed by atoms with van der Waals surface area (Å²) in [7, 11) is 1.60. The number of aliphatic imine (C=N–C) groups is 1. The maximum Gasteiger partial charge on any atom is 0.221 e. The average molecular weight is 376 g/mol. The van der Waals surface area contributed by atoms with Crippen molar-refractivity contribution < 1.29 is 4.74 Å². The number of amidine groups is 1. The molecule has 5 N–H and O–H groups in total. The predicted octanol–water partition coefficient (Wildman–Crippen LogP) is 2.84. The summed E-state index contributed by atoms with van der Waals surface area (Å²) in [4.78, 5) is 8.67. The number of ether oxygens (including phenoxy) is 1. The number of fused-ring (bicyclic) bond motifs is 1. The molecule has 0 saturated heterocycles. The Labute approximate surface area is 164 Å². The molecule has 3 heterocycles. The van der Waals surface area contributed by atoms with Gasteiger partial charge in [0.25, 0.3) is 0 Å². The van der Waals surface area contributed by atoms with Gasteiger partial charge in [0.05, 0.1) is 18.5 Å². The van der Waals surface area contributed by atoms with E-state index in [1.165, 1.54) is 6.21 Å². The van der Waals surface area contributed by atoms with Crippen LogP contribution in [0.15, 0.2) is 76.6 Å². The van der Waals surface area contributed by atoms with Gasteiger partial charge in [-0.15, -0.1) is 0 Å². The summed E-state index contributed by atoms with van der Waals surface area (Å²) in [5.41, 5.74) is 10.5. The Morgan fingerprint density at radius 1 is 1.32 bits per heavy atom. The van der Waals surface area contributed by atoms with Gasteiger partial charge in [-0.2, -0.15) is 0 Å². The summed E-state index contributed by atoms with van der Waals surface area (Å²) in [6, 6.07) is 3.82. The first-order valence-electron chi connectivity index (χ1n) is 8.95. The van der Waals surface area contributed by atoms with Gasteiger partial charge in [-0.3, -0.25) is 0 Å². The molecule has 0 bridgehead atoms. The number of rotatable bonds is 6. The SMILES string of the molecule is COc1ncccc1C1=CNC2=CC=C(N=C(N)C=C(C=N)C(C)C)NC2=C1. The van der Waals surface area contributed by atoms with Gasteiger partial charge in [0.1, 0.15) is 11.7 Å². The van der Waals surface area contributed by atoms with E-state index in [0.29, 0.717) is 17.5 Å². The molecule has 0 atom stereocenters. The third-order valence-electron chi connectivity index (χ3n) is 4.32. The van der Waals surface area contributed by atoms with Crippen LogP contribution in [0.1, 0.15) is 19.4 Å². The van der Waals surface area contributed by atoms with Crippen molar-refractivity contribution in [3.05, 3.63) is 77.2 Å². The molecule has 2 aliphatic heterocycles. The first-order chi connectivity index (χ1) is 13.5. The molecular formula is C21H24N6O. The average Bonchev–Trinajstić information content (AvgIpc) is 2.71. The second-order valence-electron chi connectivity index (χ2n) is 6.60. The normalized spacial score (nSPS) is 16.7. The van der Waals surface area contributed by atoms with Crippen LogP contribution in [0, 0.1) is 11.3 Å². The summed E-state index contributed by atoms with van der Waals surface area (Å²) >= 11 is 0. The van der Waals surface area contributed by atoms with E-state index in [-0.39, 0.29) is 5.92 Å². The van der Waals surface area contributed by atoms with Crippen molar-refractivity contribution in [1.29, 1.82) is 5.41 Å². The number of hydrogen-bond acceptors (Lipinski definition) is 6. The fourth-order valence-corrected chi connectivity index (χ4v) is 2.80. The molecule has 2 aliphatic rings. The third-order valence-corrected chi connectivity index (χ3v) is 4.32. The molecule has 3 rings (SSSR count). The lowest BCUT2D eigenvalue weighted by Gasteiger charge is -2.23. The highest BCUT2D eigenvalue weighted by Crippen LogP contribution is 2.29. The van der Waals surface area contributed by atoms with Gasteiger partial charge in [-0.1, -0.05) is 13.8 Å². The highest BCUT2D eigenvalue weighted by molar-refractivity contribution is 5.97. The molecule has 28 heavy (non-hydrogen) atoms. The van der Waals surface area contributed by atoms with Crippen molar-refractivity contribution in [2.45, 2.75) is 13.8 Å². The van der Waals surface area contributed by atoms with E-state index in [0.717, 1.165) is 28.1 Å². The number of hydrogen-bond donors (Lipinski definition) is 4. The van der Waals surface area contributed by atoms with Gasteiger partial charge >= 0.3 is 0 Å². The molecule has 0 fully saturated rings. The fourth-order valence-electron chi connectivity index (χ4n) is 2.80. The Kier molecular flexibility index (Phi) is 5.74. The van der Waals surface area contributed by atoms with Gasteiger partial charge in [-0.25, -0.2) is 9.98 Å². The van der Waals surface area contributed by atoms with Crippen molar-refractivity contribution >= 4 is 17.6 Å². The van der Waals surface area contributed by atoms with E-state index in [2.05, 4.69) is 20.6 Å². The summed E-state index contributed by atoms with van der Waals surface area (Å²) in [6.07, 6.45) is 12.4. The Morgan fingerprint density at radius 3 is 2.86 bits per heavy atom. The van der Waals surface area contributed by atoms with Crippen molar-refractivity contribution in [3.63, 3.8) is 0 Å². The molecule has 1 aromatic rings. The van der Waals surface area contributed by atoms with Crippen molar-refractivity contribution in [3.8, 4) is 5.88 Å². The number of dihydropyridines is 2. The Balaban J connectivity index is 1.84. The Bertz CT molecular complexity index is 963. The zero-order valence-electron chi connectivity index (χ0n) is 16.2. The van der Waals surface area contributed by atoms with Gasteiger partial charge in [-0.05, 0) is 47.9 Å². The molecule has 0 amide bonds. The van der Waals surface area contributed by atoms with Crippen LogP contribution in [0.5, 0.6) is 5.88 Å². The van der Waals surface area contributed by atoms with E-state index >= 15 is 0 Å². The molecule has 0 aromatic carbocycles. The van der Waals surface area contributed by atoms with E-state index in [9.17, 15) is 0 Å². The van der Waals surface area contributed by atoms with E-state index in [1.54, 1.807) is 19.4 Å². The van der Waals surface area contributed by atoms with Crippen LogP contribution in [0.4, 0.5) is 0 Å². The summed E-state index contributed by atoms with van der Waals surface area (Å²) in [6.45, 7) is 4.02. The number of pyridine rings is 1. The fraction of sp³-hybridized carbons (Fsp3) is 0.190. The zero-order chi connectivity index (χ0) is 20.1. The van der Waals surface area contributed by atoms with Crippen LogP contribution in [0.3, 0.4) is 0 Å². The molecule has 0 spiro atoms. The topological polar surface area (TPSA) is 108 Å². The number of nitrogens with two attached hydrogens (primary N) is 1.